The number of carboxylic acid groups (broad SMARTS) is 1. The number of aliphatic carboxylic acids is 1. The maximum atomic E-state index is 10.1. The first kappa shape index (κ1) is 7.43. The lowest BCUT2D eigenvalue weighted by atomic mass is 10.7. The van der Waals surface area contributed by atoms with Crippen LogP contribution < -0.4 is 0 Å². The topological polar surface area (TPSA) is 37.3 Å². The third-order valence-electron chi connectivity index (χ3n) is 0.972. The van der Waals surface area contributed by atoms with Crippen LogP contribution in [0.15, 0.2) is 11.8 Å². The van der Waals surface area contributed by atoms with Crippen LogP contribution in [-0.2, 0) is 4.79 Å². The van der Waals surface area contributed by atoms with E-state index in [1.807, 2.05) is 13.1 Å². The van der Waals surface area contributed by atoms with Crippen LogP contribution in [0.2, 0.25) is 13.1 Å². The Morgan fingerprint density at radius 1 is 1.62 bits per heavy atom. The number of carboxylic acids is 1. The fourth-order valence-corrected chi connectivity index (χ4v) is 0.741. The van der Waals surface area contributed by atoms with Crippen LogP contribution in [0, 0.1) is 0 Å². The van der Waals surface area contributed by atoms with E-state index in [2.05, 4.69) is 6.58 Å². The van der Waals surface area contributed by atoms with E-state index in [1.165, 1.54) is 0 Å². The van der Waals surface area contributed by atoms with E-state index < -0.39 is 14.8 Å². The number of hydrogen-bond acceptors (Lipinski definition) is 1. The molecule has 0 aromatic rings. The number of hydrogen-bond donors (Lipinski definition) is 1. The van der Waals surface area contributed by atoms with Crippen molar-refractivity contribution in [1.29, 1.82) is 0 Å². The Hall–Kier alpha value is -0.573. The van der Waals surface area contributed by atoms with Crippen molar-refractivity contribution in [2.45, 2.75) is 13.1 Å². The van der Waals surface area contributed by atoms with Gasteiger partial charge in [0.2, 0.25) is 0 Å². The lowest BCUT2D eigenvalue weighted by Crippen LogP contribution is -2.13. The first-order valence-electron chi connectivity index (χ1n) is 2.47. The first-order chi connectivity index (χ1) is 3.55. The van der Waals surface area contributed by atoms with Gasteiger partial charge in [-0.15, -0.1) is 0 Å². The summed E-state index contributed by atoms with van der Waals surface area (Å²) < 4.78 is 0. The van der Waals surface area contributed by atoms with Crippen molar-refractivity contribution in [2.75, 3.05) is 0 Å². The average Bonchev–Trinajstić information content (AvgIpc) is 1.64. The summed E-state index contributed by atoms with van der Waals surface area (Å²) in [7, 11) is -1.12. The van der Waals surface area contributed by atoms with Gasteiger partial charge in [0.15, 0.2) is 0 Å². The molecule has 0 saturated carbocycles. The molecule has 3 heteroatoms. The molecule has 0 spiro atoms. The van der Waals surface area contributed by atoms with Gasteiger partial charge < -0.3 is 5.11 Å². The van der Waals surface area contributed by atoms with Gasteiger partial charge in [-0.3, -0.25) is 0 Å². The predicted octanol–water partition coefficient (Wildman–Crippen LogP) is 0.653. The lowest BCUT2D eigenvalue weighted by molar-refractivity contribution is -0.131. The van der Waals surface area contributed by atoms with Gasteiger partial charge in [0.25, 0.3) is 0 Å². The summed E-state index contributed by atoms with van der Waals surface area (Å²) in [5.41, 5.74) is 0. The molecule has 0 saturated heterocycles. The quantitative estimate of drug-likeness (QED) is 0.440. The summed E-state index contributed by atoms with van der Waals surface area (Å²) >= 11 is 0. The van der Waals surface area contributed by atoms with Crippen LogP contribution in [0.25, 0.3) is 0 Å². The molecule has 0 bridgehead atoms. The lowest BCUT2D eigenvalue weighted by Gasteiger charge is -1.98. The standard InChI is InChI=1S/C5H10O2Si/c1-4(5(6)7)8(2)3/h8H,1H2,2-3H3,(H,6,7). The molecule has 46 valence electrons. The van der Waals surface area contributed by atoms with Crippen molar-refractivity contribution in [3.63, 3.8) is 0 Å². The van der Waals surface area contributed by atoms with Crippen molar-refractivity contribution in [3.05, 3.63) is 11.8 Å². The van der Waals surface area contributed by atoms with Gasteiger partial charge >= 0.3 is 5.97 Å². The molecule has 0 aliphatic rings. The smallest absolute Gasteiger partial charge is 0.326 e. The molecule has 0 amide bonds. The van der Waals surface area contributed by atoms with E-state index in [0.29, 0.717) is 5.20 Å². The first-order valence-corrected chi connectivity index (χ1v) is 5.36. The molecule has 0 atom stereocenters. The van der Waals surface area contributed by atoms with Gasteiger partial charge in [-0.25, -0.2) is 4.79 Å². The second kappa shape index (κ2) is 2.67. The second-order valence-corrected chi connectivity index (χ2v) is 4.99. The van der Waals surface area contributed by atoms with E-state index in [-0.39, 0.29) is 0 Å². The third kappa shape index (κ3) is 1.93. The summed E-state index contributed by atoms with van der Waals surface area (Å²) in [6.07, 6.45) is 0. The van der Waals surface area contributed by atoms with Gasteiger partial charge in [-0.05, 0) is 0 Å². The van der Waals surface area contributed by atoms with Crippen molar-refractivity contribution < 1.29 is 9.90 Å². The van der Waals surface area contributed by atoms with Gasteiger partial charge in [0, 0.05) is 5.20 Å². The molecule has 0 aromatic heterocycles. The van der Waals surface area contributed by atoms with E-state index >= 15 is 0 Å². The highest BCUT2D eigenvalue weighted by atomic mass is 28.3. The molecule has 0 radical (unpaired) electrons. The number of carbonyl (C=O) groups is 1. The minimum atomic E-state index is -1.12. The highest BCUT2D eigenvalue weighted by Gasteiger charge is 2.07. The molecule has 0 rings (SSSR count). The van der Waals surface area contributed by atoms with E-state index in [0.717, 1.165) is 0 Å². The van der Waals surface area contributed by atoms with Crippen LogP contribution in [0.1, 0.15) is 0 Å². The molecular formula is C5H10O2Si. The van der Waals surface area contributed by atoms with Crippen molar-refractivity contribution in [3.8, 4) is 0 Å². The highest BCUT2D eigenvalue weighted by molar-refractivity contribution is 6.69. The Balaban J connectivity index is 3.84. The molecule has 0 aliphatic heterocycles. The molecule has 8 heavy (non-hydrogen) atoms. The van der Waals surface area contributed by atoms with E-state index in [1.54, 1.807) is 0 Å². The maximum Gasteiger partial charge on any atom is 0.326 e. The maximum absolute atomic E-state index is 10.1. The van der Waals surface area contributed by atoms with Gasteiger partial charge in [0.05, 0.1) is 8.80 Å². The molecule has 0 heterocycles. The zero-order valence-electron chi connectivity index (χ0n) is 5.14. The van der Waals surface area contributed by atoms with Crippen LogP contribution in [0.5, 0.6) is 0 Å². The van der Waals surface area contributed by atoms with Crippen LogP contribution in [-0.4, -0.2) is 19.9 Å². The summed E-state index contributed by atoms with van der Waals surface area (Å²) in [5, 5.41) is 8.70. The molecule has 0 unspecified atom stereocenters. The highest BCUT2D eigenvalue weighted by Crippen LogP contribution is 1.95. The Labute approximate surface area is 50.4 Å². The van der Waals surface area contributed by atoms with Crippen molar-refractivity contribution in [1.82, 2.24) is 0 Å². The van der Waals surface area contributed by atoms with Gasteiger partial charge in [-0.2, -0.15) is 0 Å². The van der Waals surface area contributed by atoms with Crippen LogP contribution in [0.3, 0.4) is 0 Å². The second-order valence-electron chi connectivity index (χ2n) is 1.99. The van der Waals surface area contributed by atoms with Crippen LogP contribution in [0.4, 0.5) is 0 Å². The average molecular weight is 130 g/mol. The minimum absolute atomic E-state index is 0.407. The Morgan fingerprint density at radius 2 is 2.00 bits per heavy atom. The number of rotatable bonds is 2. The fourth-order valence-electron chi connectivity index (χ4n) is 0.247. The fraction of sp³-hybridized carbons (Fsp3) is 0.400. The molecule has 0 aliphatic carbocycles. The summed E-state index contributed by atoms with van der Waals surface area (Å²) in [6, 6.07) is 0. The predicted molar refractivity (Wildman–Crippen MR) is 35.7 cm³/mol. The third-order valence-corrected chi connectivity index (χ3v) is 2.61. The summed E-state index contributed by atoms with van der Waals surface area (Å²) in [6.45, 7) is 7.30. The van der Waals surface area contributed by atoms with Crippen LogP contribution >= 0.6 is 0 Å². The van der Waals surface area contributed by atoms with Gasteiger partial charge in [0.1, 0.15) is 0 Å². The Kier molecular flexibility index (Phi) is 2.47. The molecule has 0 aromatic carbocycles. The normalized spacial score (nSPS) is 9.38. The largest absolute Gasteiger partial charge is 0.478 e. The zero-order valence-corrected chi connectivity index (χ0v) is 6.29. The SMILES string of the molecule is C=C(C(=O)O)[SiH](C)C. The van der Waals surface area contributed by atoms with Crippen molar-refractivity contribution in [2.24, 2.45) is 0 Å². The van der Waals surface area contributed by atoms with Crippen molar-refractivity contribution >= 4 is 14.8 Å². The molecule has 0 fully saturated rings. The van der Waals surface area contributed by atoms with Gasteiger partial charge in [-0.1, -0.05) is 19.7 Å². The monoisotopic (exact) mass is 130 g/mol. The Morgan fingerprint density at radius 3 is 2.00 bits per heavy atom. The molecular weight excluding hydrogens is 120 g/mol. The zero-order chi connectivity index (χ0) is 6.73. The Bertz CT molecular complexity index is 118. The molecule has 1 N–H and O–H groups in total. The van der Waals surface area contributed by atoms with E-state index in [4.69, 9.17) is 5.11 Å². The summed E-state index contributed by atoms with van der Waals surface area (Å²) in [5.74, 6) is -0.841. The summed E-state index contributed by atoms with van der Waals surface area (Å²) in [4.78, 5) is 10.1. The molecule has 2 nitrogen and oxygen atoms in total. The minimum Gasteiger partial charge on any atom is -0.478 e. The van der Waals surface area contributed by atoms with E-state index in [9.17, 15) is 4.79 Å².